The smallest absolute Gasteiger partial charge is 0.219 e. The Hall–Kier alpha value is -1.06. The van der Waals surface area contributed by atoms with Crippen molar-refractivity contribution in [3.05, 3.63) is 0 Å². The average molecular weight is 157 g/mol. The van der Waals surface area contributed by atoms with Gasteiger partial charge in [0.15, 0.2) is 0 Å². The molecule has 0 saturated carbocycles. The van der Waals surface area contributed by atoms with Gasteiger partial charge in [-0.05, 0) is 6.92 Å². The summed E-state index contributed by atoms with van der Waals surface area (Å²) in [5.74, 6) is 0.226. The van der Waals surface area contributed by atoms with Crippen LogP contribution < -0.4 is 11.5 Å². The van der Waals surface area contributed by atoms with E-state index >= 15 is 0 Å². The van der Waals surface area contributed by atoms with E-state index in [-0.39, 0.29) is 18.4 Å². The fraction of sp³-hybridized carbons (Fsp3) is 0.714. The lowest BCUT2D eigenvalue weighted by Gasteiger charge is -2.03. The summed E-state index contributed by atoms with van der Waals surface area (Å²) in [6.07, 6.45) is 0.976. The third-order valence-corrected chi connectivity index (χ3v) is 1.25. The zero-order chi connectivity index (χ0) is 8.85. The van der Waals surface area contributed by atoms with Crippen molar-refractivity contribution >= 4 is 11.7 Å². The summed E-state index contributed by atoms with van der Waals surface area (Å²) in [4.78, 5) is 14.4. The molecular formula is C7H15N3O. The van der Waals surface area contributed by atoms with Gasteiger partial charge in [0.25, 0.3) is 0 Å². The number of carbonyl (C=O) groups is 1. The summed E-state index contributed by atoms with van der Waals surface area (Å²) >= 11 is 0. The van der Waals surface area contributed by atoms with Crippen molar-refractivity contribution < 1.29 is 4.79 Å². The molecule has 0 aliphatic carbocycles. The summed E-state index contributed by atoms with van der Waals surface area (Å²) < 4.78 is 0. The van der Waals surface area contributed by atoms with E-state index in [9.17, 15) is 4.79 Å². The van der Waals surface area contributed by atoms with Crippen LogP contribution in [-0.2, 0) is 4.79 Å². The van der Waals surface area contributed by atoms with Crippen LogP contribution in [0.5, 0.6) is 0 Å². The van der Waals surface area contributed by atoms with E-state index in [0.717, 1.165) is 0 Å². The first kappa shape index (κ1) is 9.94. The number of primary amides is 1. The maximum atomic E-state index is 10.4. The van der Waals surface area contributed by atoms with Crippen LogP contribution in [0, 0.1) is 0 Å². The standard InChI is InChI=1S/C7H15N3O/c1-3-6(8)10-5(2)4-7(9)11/h5H,3-4H2,1-2H3,(H2,8,10)(H2,9,11). The van der Waals surface area contributed by atoms with Crippen molar-refractivity contribution in [2.45, 2.75) is 32.7 Å². The Morgan fingerprint density at radius 3 is 2.45 bits per heavy atom. The van der Waals surface area contributed by atoms with E-state index in [1.165, 1.54) is 0 Å². The van der Waals surface area contributed by atoms with Crippen molar-refractivity contribution in [2.24, 2.45) is 16.5 Å². The zero-order valence-electron chi connectivity index (χ0n) is 7.00. The monoisotopic (exact) mass is 157 g/mol. The highest BCUT2D eigenvalue weighted by Gasteiger charge is 2.03. The predicted molar refractivity (Wildman–Crippen MR) is 45.2 cm³/mol. The van der Waals surface area contributed by atoms with Crippen molar-refractivity contribution in [1.82, 2.24) is 0 Å². The number of amidine groups is 1. The van der Waals surface area contributed by atoms with Crippen molar-refractivity contribution in [3.8, 4) is 0 Å². The van der Waals surface area contributed by atoms with Gasteiger partial charge in [-0.3, -0.25) is 9.79 Å². The molecule has 1 unspecified atom stereocenters. The van der Waals surface area contributed by atoms with Gasteiger partial charge >= 0.3 is 0 Å². The zero-order valence-corrected chi connectivity index (χ0v) is 7.00. The summed E-state index contributed by atoms with van der Waals surface area (Å²) in [6.45, 7) is 3.73. The summed E-state index contributed by atoms with van der Waals surface area (Å²) in [5.41, 5.74) is 10.4. The van der Waals surface area contributed by atoms with Crippen LogP contribution in [0.2, 0.25) is 0 Å². The molecule has 1 atom stereocenters. The van der Waals surface area contributed by atoms with Gasteiger partial charge in [0.2, 0.25) is 5.91 Å². The first-order valence-electron chi connectivity index (χ1n) is 3.66. The highest BCUT2D eigenvalue weighted by Crippen LogP contribution is 1.95. The molecule has 0 aliphatic rings. The van der Waals surface area contributed by atoms with Gasteiger partial charge in [-0.1, -0.05) is 6.92 Å². The molecular weight excluding hydrogens is 142 g/mol. The highest BCUT2D eigenvalue weighted by molar-refractivity contribution is 5.81. The molecule has 64 valence electrons. The molecule has 1 amide bonds. The lowest BCUT2D eigenvalue weighted by Crippen LogP contribution is -2.20. The Kier molecular flexibility index (Phi) is 4.26. The molecule has 4 N–H and O–H groups in total. The lowest BCUT2D eigenvalue weighted by atomic mass is 10.2. The summed E-state index contributed by atoms with van der Waals surface area (Å²) in [6, 6.07) is -0.0903. The maximum Gasteiger partial charge on any atom is 0.219 e. The predicted octanol–water partition coefficient (Wildman–Crippen LogP) is 0.0175. The van der Waals surface area contributed by atoms with Crippen LogP contribution in [0.1, 0.15) is 26.7 Å². The Balaban J connectivity index is 3.85. The van der Waals surface area contributed by atoms with E-state index in [1.54, 1.807) is 0 Å². The molecule has 4 heteroatoms. The van der Waals surface area contributed by atoms with Crippen LogP contribution >= 0.6 is 0 Å². The third kappa shape index (κ3) is 5.39. The molecule has 0 aromatic carbocycles. The fourth-order valence-corrected chi connectivity index (χ4v) is 0.711. The van der Waals surface area contributed by atoms with Crippen LogP contribution in [-0.4, -0.2) is 17.8 Å². The molecule has 0 rings (SSSR count). The first-order chi connectivity index (χ1) is 5.06. The van der Waals surface area contributed by atoms with Crippen molar-refractivity contribution in [2.75, 3.05) is 0 Å². The molecule has 0 heterocycles. The molecule has 0 bridgehead atoms. The van der Waals surface area contributed by atoms with E-state index in [0.29, 0.717) is 12.3 Å². The number of nitrogens with zero attached hydrogens (tertiary/aromatic N) is 1. The topological polar surface area (TPSA) is 81.5 Å². The highest BCUT2D eigenvalue weighted by atomic mass is 16.1. The number of rotatable bonds is 4. The molecule has 4 nitrogen and oxygen atoms in total. The van der Waals surface area contributed by atoms with Crippen LogP contribution in [0.3, 0.4) is 0 Å². The molecule has 0 aromatic rings. The Bertz CT molecular complexity index is 165. The minimum atomic E-state index is -0.342. The Morgan fingerprint density at radius 1 is 1.55 bits per heavy atom. The number of hydrogen-bond donors (Lipinski definition) is 2. The molecule has 0 fully saturated rings. The van der Waals surface area contributed by atoms with Gasteiger partial charge in [-0.2, -0.15) is 0 Å². The second-order valence-corrected chi connectivity index (χ2v) is 2.49. The van der Waals surface area contributed by atoms with Gasteiger partial charge in [0.05, 0.1) is 11.9 Å². The van der Waals surface area contributed by atoms with E-state index < -0.39 is 0 Å². The second-order valence-electron chi connectivity index (χ2n) is 2.49. The molecule has 0 spiro atoms. The minimum absolute atomic E-state index is 0.0903. The Morgan fingerprint density at radius 2 is 2.09 bits per heavy atom. The number of nitrogens with two attached hydrogens (primary N) is 2. The minimum Gasteiger partial charge on any atom is -0.387 e. The lowest BCUT2D eigenvalue weighted by molar-refractivity contribution is -0.118. The van der Waals surface area contributed by atoms with Gasteiger partial charge in [-0.15, -0.1) is 0 Å². The van der Waals surface area contributed by atoms with Crippen LogP contribution in [0.15, 0.2) is 4.99 Å². The number of hydrogen-bond acceptors (Lipinski definition) is 2. The van der Waals surface area contributed by atoms with Gasteiger partial charge < -0.3 is 11.5 Å². The second kappa shape index (κ2) is 4.71. The SMILES string of the molecule is CCC(N)=NC(C)CC(N)=O. The first-order valence-corrected chi connectivity index (χ1v) is 3.66. The summed E-state index contributed by atoms with van der Waals surface area (Å²) in [5, 5.41) is 0. The number of amides is 1. The van der Waals surface area contributed by atoms with E-state index in [2.05, 4.69) is 4.99 Å². The number of aliphatic imine (C=N–C) groups is 1. The van der Waals surface area contributed by atoms with Crippen LogP contribution in [0.4, 0.5) is 0 Å². The number of carbonyl (C=O) groups excluding carboxylic acids is 1. The maximum absolute atomic E-state index is 10.4. The molecule has 0 saturated heterocycles. The van der Waals surface area contributed by atoms with E-state index in [1.807, 2.05) is 13.8 Å². The van der Waals surface area contributed by atoms with Crippen molar-refractivity contribution in [1.29, 1.82) is 0 Å². The molecule has 0 radical (unpaired) electrons. The quantitative estimate of drug-likeness (QED) is 0.445. The third-order valence-electron chi connectivity index (χ3n) is 1.25. The molecule has 0 aromatic heterocycles. The van der Waals surface area contributed by atoms with Crippen LogP contribution in [0.25, 0.3) is 0 Å². The van der Waals surface area contributed by atoms with Gasteiger partial charge in [0.1, 0.15) is 0 Å². The molecule has 11 heavy (non-hydrogen) atoms. The normalized spacial score (nSPS) is 14.5. The van der Waals surface area contributed by atoms with Gasteiger partial charge in [-0.25, -0.2) is 0 Å². The fourth-order valence-electron chi connectivity index (χ4n) is 0.711. The largest absolute Gasteiger partial charge is 0.387 e. The average Bonchev–Trinajstić information content (AvgIpc) is 1.85. The molecule has 0 aliphatic heterocycles. The van der Waals surface area contributed by atoms with Gasteiger partial charge in [0, 0.05) is 12.8 Å². The van der Waals surface area contributed by atoms with E-state index in [4.69, 9.17) is 11.5 Å². The summed E-state index contributed by atoms with van der Waals surface area (Å²) in [7, 11) is 0. The van der Waals surface area contributed by atoms with Crippen molar-refractivity contribution in [3.63, 3.8) is 0 Å². The Labute approximate surface area is 66.7 Å².